The van der Waals surface area contributed by atoms with Crippen molar-refractivity contribution in [2.75, 3.05) is 0 Å². The molecular weight excluding hydrogens is 624 g/mol. The predicted octanol–water partition coefficient (Wildman–Crippen LogP) is 9.09. The molecule has 5 nitrogen and oxygen atoms in total. The van der Waals surface area contributed by atoms with Gasteiger partial charge in [-0.05, 0) is 94.3 Å². The third-order valence-electron chi connectivity index (χ3n) is 8.72. The van der Waals surface area contributed by atoms with E-state index in [0.29, 0.717) is 36.3 Å². The van der Waals surface area contributed by atoms with Crippen molar-refractivity contribution in [3.05, 3.63) is 105 Å². The molecule has 3 aromatic carbocycles. The Morgan fingerprint density at radius 1 is 0.953 bits per heavy atom. The predicted molar refractivity (Wildman–Crippen MR) is 176 cm³/mol. The minimum absolute atomic E-state index is 0.176. The fourth-order valence-corrected chi connectivity index (χ4v) is 7.18. The standard InChI is InChI=1S/C36H34BrClN2O3/c1-22-30(26-20-24(37)14-15-29(26)39-31(22)23-10-6-5-7-11-23)32(41)40-36-18-16-35(17-19-36,33(42)43-34(2,3)4)21-27(36)25-12-8-9-13-28(25)38/h5-15,20-21H,16-19H2,1-4H3,(H,40,41). The van der Waals surface area contributed by atoms with Gasteiger partial charge >= 0.3 is 5.97 Å². The molecule has 1 amide bonds. The SMILES string of the molecule is Cc1c(-c2ccccc2)nc2ccc(Br)cc2c1C(=O)NC12CCC(C(=O)OC(C)(C)C)(C=C1c1ccccc1Cl)CC2. The smallest absolute Gasteiger partial charge is 0.316 e. The molecule has 220 valence electrons. The number of carbonyl (C=O) groups excluding carboxylic acids is 2. The highest BCUT2D eigenvalue weighted by Crippen LogP contribution is 2.56. The number of hydrogen-bond acceptors (Lipinski definition) is 4. The highest BCUT2D eigenvalue weighted by Gasteiger charge is 2.55. The van der Waals surface area contributed by atoms with Gasteiger partial charge in [-0.3, -0.25) is 9.59 Å². The number of benzene rings is 3. The Morgan fingerprint density at radius 2 is 1.63 bits per heavy atom. The van der Waals surface area contributed by atoms with Gasteiger partial charge in [-0.1, -0.05) is 82.1 Å². The normalized spacial score (nSPS) is 21.4. The Hall–Kier alpha value is -3.48. The van der Waals surface area contributed by atoms with Crippen molar-refractivity contribution in [1.29, 1.82) is 0 Å². The number of amides is 1. The number of ether oxygens (including phenoxy) is 1. The van der Waals surface area contributed by atoms with E-state index in [1.165, 1.54) is 0 Å². The van der Waals surface area contributed by atoms with Crippen molar-refractivity contribution in [1.82, 2.24) is 10.3 Å². The topological polar surface area (TPSA) is 68.3 Å². The minimum Gasteiger partial charge on any atom is -0.459 e. The van der Waals surface area contributed by atoms with Crippen molar-refractivity contribution in [2.45, 2.75) is 64.5 Å². The van der Waals surface area contributed by atoms with Gasteiger partial charge in [-0.2, -0.15) is 0 Å². The number of pyridine rings is 1. The summed E-state index contributed by atoms with van der Waals surface area (Å²) in [6, 6.07) is 23.4. The molecule has 3 aliphatic carbocycles. The number of rotatable bonds is 5. The summed E-state index contributed by atoms with van der Waals surface area (Å²) < 4.78 is 6.78. The Labute approximate surface area is 265 Å². The van der Waals surface area contributed by atoms with Gasteiger partial charge in [0.15, 0.2) is 0 Å². The molecular formula is C36H34BrClN2O3. The second kappa shape index (κ2) is 10.9. The first-order chi connectivity index (χ1) is 20.4. The fourth-order valence-electron chi connectivity index (χ4n) is 6.58. The average molecular weight is 658 g/mol. The molecule has 1 N–H and O–H groups in total. The van der Waals surface area contributed by atoms with Crippen LogP contribution in [0.25, 0.3) is 27.7 Å². The summed E-state index contributed by atoms with van der Waals surface area (Å²) in [5.41, 5.74) is 3.49. The maximum atomic E-state index is 14.6. The van der Waals surface area contributed by atoms with Crippen LogP contribution in [-0.2, 0) is 9.53 Å². The Kier molecular flexibility index (Phi) is 7.50. The first-order valence-electron chi connectivity index (χ1n) is 14.6. The molecule has 2 bridgehead atoms. The van der Waals surface area contributed by atoms with Gasteiger partial charge in [0, 0.05) is 20.4 Å². The summed E-state index contributed by atoms with van der Waals surface area (Å²) in [5, 5.41) is 4.84. The van der Waals surface area contributed by atoms with Crippen LogP contribution in [0.3, 0.4) is 0 Å². The van der Waals surface area contributed by atoms with Crippen LogP contribution in [0.15, 0.2) is 83.3 Å². The van der Waals surface area contributed by atoms with Crippen molar-refractivity contribution in [3.63, 3.8) is 0 Å². The van der Waals surface area contributed by atoms with Gasteiger partial charge in [-0.15, -0.1) is 0 Å². The van der Waals surface area contributed by atoms with E-state index in [9.17, 15) is 9.59 Å². The lowest BCUT2D eigenvalue weighted by molar-refractivity contribution is -0.167. The van der Waals surface area contributed by atoms with E-state index in [4.69, 9.17) is 21.3 Å². The van der Waals surface area contributed by atoms with Crippen LogP contribution in [0, 0.1) is 12.3 Å². The van der Waals surface area contributed by atoms with E-state index in [1.54, 1.807) is 0 Å². The fraction of sp³-hybridized carbons (Fsp3) is 0.306. The zero-order valence-electron chi connectivity index (χ0n) is 24.8. The van der Waals surface area contributed by atoms with Gasteiger partial charge in [0.1, 0.15) is 5.60 Å². The molecule has 1 heterocycles. The van der Waals surface area contributed by atoms with Crippen LogP contribution < -0.4 is 5.32 Å². The largest absolute Gasteiger partial charge is 0.459 e. The van der Waals surface area contributed by atoms with E-state index in [2.05, 4.69) is 21.2 Å². The number of hydrogen-bond donors (Lipinski definition) is 1. The number of nitrogens with one attached hydrogen (secondary N) is 1. The maximum absolute atomic E-state index is 14.6. The molecule has 4 aromatic rings. The number of esters is 1. The van der Waals surface area contributed by atoms with Crippen LogP contribution in [-0.4, -0.2) is 28.0 Å². The van der Waals surface area contributed by atoms with Gasteiger partial charge in [-0.25, -0.2) is 4.98 Å². The lowest BCUT2D eigenvalue weighted by atomic mass is 9.57. The van der Waals surface area contributed by atoms with Crippen LogP contribution in [0.1, 0.15) is 67.9 Å². The van der Waals surface area contributed by atoms with Crippen molar-refractivity contribution >= 4 is 55.9 Å². The molecule has 0 spiro atoms. The molecule has 3 aliphatic rings. The van der Waals surface area contributed by atoms with Crippen LogP contribution in [0.2, 0.25) is 5.02 Å². The minimum atomic E-state index is -0.765. The van der Waals surface area contributed by atoms with E-state index in [-0.39, 0.29) is 11.9 Å². The van der Waals surface area contributed by atoms with Gasteiger partial charge in [0.05, 0.1) is 27.7 Å². The molecule has 0 aliphatic heterocycles. The number of halogens is 2. The quantitative estimate of drug-likeness (QED) is 0.218. The van der Waals surface area contributed by atoms with Gasteiger partial charge in [0.2, 0.25) is 0 Å². The van der Waals surface area contributed by atoms with Crippen LogP contribution in [0.4, 0.5) is 0 Å². The summed E-state index contributed by atoms with van der Waals surface area (Å²) in [7, 11) is 0. The summed E-state index contributed by atoms with van der Waals surface area (Å²) in [6.07, 6.45) is 4.36. The second-order valence-electron chi connectivity index (χ2n) is 12.7. The lowest BCUT2D eigenvalue weighted by Crippen LogP contribution is -2.58. The molecule has 7 rings (SSSR count). The van der Waals surface area contributed by atoms with E-state index in [0.717, 1.165) is 43.3 Å². The molecule has 0 saturated heterocycles. The second-order valence-corrected chi connectivity index (χ2v) is 14.0. The van der Waals surface area contributed by atoms with Gasteiger partial charge < -0.3 is 10.1 Å². The Balaban J connectivity index is 1.48. The highest BCUT2D eigenvalue weighted by molar-refractivity contribution is 9.10. The molecule has 7 heteroatoms. The molecule has 0 radical (unpaired) electrons. The number of aromatic nitrogens is 1. The van der Waals surface area contributed by atoms with Crippen molar-refractivity contribution < 1.29 is 14.3 Å². The van der Waals surface area contributed by atoms with Crippen LogP contribution in [0.5, 0.6) is 0 Å². The summed E-state index contributed by atoms with van der Waals surface area (Å²) in [4.78, 5) is 33.2. The Morgan fingerprint density at radius 3 is 2.30 bits per heavy atom. The Bertz CT molecular complexity index is 1780. The highest BCUT2D eigenvalue weighted by atomic mass is 79.9. The summed E-state index contributed by atoms with van der Waals surface area (Å²) >= 11 is 10.4. The zero-order valence-corrected chi connectivity index (χ0v) is 27.1. The van der Waals surface area contributed by atoms with E-state index >= 15 is 0 Å². The van der Waals surface area contributed by atoms with E-state index in [1.807, 2.05) is 107 Å². The van der Waals surface area contributed by atoms with Gasteiger partial charge in [0.25, 0.3) is 5.91 Å². The molecule has 1 aromatic heterocycles. The van der Waals surface area contributed by atoms with E-state index < -0.39 is 16.6 Å². The molecule has 0 atom stereocenters. The summed E-state index contributed by atoms with van der Waals surface area (Å²) in [6.45, 7) is 7.63. The molecule has 1 fully saturated rings. The molecule has 0 unspecified atom stereocenters. The maximum Gasteiger partial charge on any atom is 0.316 e. The monoisotopic (exact) mass is 656 g/mol. The number of nitrogens with zero attached hydrogens (tertiary/aromatic N) is 1. The molecule has 1 saturated carbocycles. The first kappa shape index (κ1) is 29.6. The summed E-state index contributed by atoms with van der Waals surface area (Å²) in [5.74, 6) is -0.401. The van der Waals surface area contributed by atoms with Crippen LogP contribution >= 0.6 is 27.5 Å². The van der Waals surface area contributed by atoms with Crippen molar-refractivity contribution in [3.8, 4) is 11.3 Å². The average Bonchev–Trinajstić information content (AvgIpc) is 2.97. The molecule has 43 heavy (non-hydrogen) atoms. The first-order valence-corrected chi connectivity index (χ1v) is 15.8. The lowest BCUT2D eigenvalue weighted by Gasteiger charge is -2.52. The van der Waals surface area contributed by atoms with Crippen molar-refractivity contribution in [2.24, 2.45) is 5.41 Å². The number of carbonyl (C=O) groups is 2. The zero-order chi connectivity index (χ0) is 30.6. The third kappa shape index (κ3) is 5.40. The third-order valence-corrected chi connectivity index (χ3v) is 9.54. The number of fused-ring (bicyclic) bond motifs is 3.